The third kappa shape index (κ3) is 3.70. The molecule has 4 nitrogen and oxygen atoms in total. The number of rotatable bonds is 6. The van der Waals surface area contributed by atoms with Crippen LogP contribution in [0.1, 0.15) is 19.3 Å². The number of piperidine rings is 1. The molecule has 0 unspecified atom stereocenters. The fraction of sp³-hybridized carbons (Fsp3) is 0.444. The maximum Gasteiger partial charge on any atom is 0.133 e. The normalized spacial score (nSPS) is 16.1. The summed E-state index contributed by atoms with van der Waals surface area (Å²) in [4.78, 5) is 2.47. The van der Waals surface area contributed by atoms with Gasteiger partial charge in [-0.15, -0.1) is 0 Å². The molecule has 1 fully saturated rings. The van der Waals surface area contributed by atoms with E-state index in [1.165, 1.54) is 18.5 Å². The van der Waals surface area contributed by atoms with E-state index in [0.29, 0.717) is 6.04 Å². The highest BCUT2D eigenvalue weighted by Gasteiger charge is 2.19. The van der Waals surface area contributed by atoms with Crippen LogP contribution in [-0.2, 0) is 0 Å². The van der Waals surface area contributed by atoms with Crippen LogP contribution >= 0.6 is 0 Å². The molecule has 1 aromatic heterocycles. The first kappa shape index (κ1) is 15.1. The second kappa shape index (κ2) is 7.47. The summed E-state index contributed by atoms with van der Waals surface area (Å²) in [6.07, 6.45) is 5.16. The van der Waals surface area contributed by atoms with Gasteiger partial charge in [-0.1, -0.05) is 12.1 Å². The highest BCUT2D eigenvalue weighted by Crippen LogP contribution is 2.26. The first-order valence-electron chi connectivity index (χ1n) is 8.19. The maximum absolute atomic E-state index is 5.54. The SMILES string of the molecule is NCCCNC1CCN(c2cccc(-c3ccco3)c2)CC1. The topological polar surface area (TPSA) is 54.4 Å². The number of anilines is 1. The zero-order valence-electron chi connectivity index (χ0n) is 13.0. The Kier molecular flexibility index (Phi) is 5.14. The Balaban J connectivity index is 1.58. The van der Waals surface area contributed by atoms with Crippen LogP contribution in [0.3, 0.4) is 0 Å². The van der Waals surface area contributed by atoms with Gasteiger partial charge in [0.25, 0.3) is 0 Å². The first-order valence-corrected chi connectivity index (χ1v) is 8.19. The minimum Gasteiger partial charge on any atom is -0.464 e. The fourth-order valence-electron chi connectivity index (χ4n) is 3.05. The molecule has 4 heteroatoms. The molecule has 0 spiro atoms. The molecule has 0 atom stereocenters. The molecule has 1 aliphatic rings. The van der Waals surface area contributed by atoms with Crippen molar-refractivity contribution >= 4 is 5.69 Å². The molecule has 0 bridgehead atoms. The molecular weight excluding hydrogens is 274 g/mol. The van der Waals surface area contributed by atoms with E-state index in [9.17, 15) is 0 Å². The molecular formula is C18H25N3O. The van der Waals surface area contributed by atoms with Gasteiger partial charge < -0.3 is 20.4 Å². The summed E-state index contributed by atoms with van der Waals surface area (Å²) in [6.45, 7) is 4.00. The standard InChI is InChI=1S/C18H25N3O/c19-9-3-10-20-16-7-11-21(12-8-16)17-5-1-4-15(14-17)18-6-2-13-22-18/h1-2,4-6,13-14,16,20H,3,7-12,19H2. The van der Waals surface area contributed by atoms with Gasteiger partial charge in [0.15, 0.2) is 0 Å². The van der Waals surface area contributed by atoms with Crippen LogP contribution in [0.4, 0.5) is 5.69 Å². The lowest BCUT2D eigenvalue weighted by atomic mass is 10.0. The van der Waals surface area contributed by atoms with E-state index in [-0.39, 0.29) is 0 Å². The summed E-state index contributed by atoms with van der Waals surface area (Å²) in [5.41, 5.74) is 7.97. The number of nitrogens with zero attached hydrogens (tertiary/aromatic N) is 1. The molecule has 2 heterocycles. The van der Waals surface area contributed by atoms with Crippen molar-refractivity contribution in [3.8, 4) is 11.3 Å². The zero-order chi connectivity index (χ0) is 15.2. The van der Waals surface area contributed by atoms with Crippen molar-refractivity contribution < 1.29 is 4.42 Å². The second-order valence-electron chi connectivity index (χ2n) is 5.89. The fourth-order valence-corrected chi connectivity index (χ4v) is 3.05. The highest BCUT2D eigenvalue weighted by molar-refractivity contribution is 5.64. The summed E-state index contributed by atoms with van der Waals surface area (Å²) >= 11 is 0. The molecule has 0 radical (unpaired) electrons. The molecule has 0 amide bonds. The summed E-state index contributed by atoms with van der Waals surface area (Å²) in [6, 6.07) is 13.2. The molecule has 118 valence electrons. The van der Waals surface area contributed by atoms with E-state index >= 15 is 0 Å². The Morgan fingerprint density at radius 2 is 2.05 bits per heavy atom. The average molecular weight is 299 g/mol. The molecule has 3 rings (SSSR count). The lowest BCUT2D eigenvalue weighted by Gasteiger charge is -2.34. The number of nitrogens with two attached hydrogens (primary N) is 1. The molecule has 2 aromatic rings. The van der Waals surface area contributed by atoms with Gasteiger partial charge in [0.2, 0.25) is 0 Å². The average Bonchev–Trinajstić information content (AvgIpc) is 3.10. The second-order valence-corrected chi connectivity index (χ2v) is 5.89. The van der Waals surface area contributed by atoms with Gasteiger partial charge in [0.1, 0.15) is 5.76 Å². The summed E-state index contributed by atoms with van der Waals surface area (Å²) < 4.78 is 5.50. The Morgan fingerprint density at radius 1 is 1.18 bits per heavy atom. The van der Waals surface area contributed by atoms with Crippen LogP contribution in [0.5, 0.6) is 0 Å². The quantitative estimate of drug-likeness (QED) is 0.805. The van der Waals surface area contributed by atoms with Gasteiger partial charge in [-0.25, -0.2) is 0 Å². The van der Waals surface area contributed by atoms with E-state index in [1.807, 2.05) is 12.1 Å². The minimum absolute atomic E-state index is 0.635. The molecule has 0 saturated carbocycles. The van der Waals surface area contributed by atoms with Gasteiger partial charge in [-0.2, -0.15) is 0 Å². The Bertz CT molecular complexity index is 559. The van der Waals surface area contributed by atoms with Crippen LogP contribution < -0.4 is 16.0 Å². The van der Waals surface area contributed by atoms with Crippen molar-refractivity contribution in [1.29, 1.82) is 0 Å². The van der Waals surface area contributed by atoms with Crippen molar-refractivity contribution in [3.63, 3.8) is 0 Å². The monoisotopic (exact) mass is 299 g/mol. The Morgan fingerprint density at radius 3 is 2.77 bits per heavy atom. The van der Waals surface area contributed by atoms with E-state index in [2.05, 4.69) is 34.5 Å². The van der Waals surface area contributed by atoms with E-state index in [1.54, 1.807) is 6.26 Å². The molecule has 1 aromatic carbocycles. The molecule has 0 aliphatic carbocycles. The largest absolute Gasteiger partial charge is 0.464 e. The van der Waals surface area contributed by atoms with Crippen LogP contribution in [0.15, 0.2) is 47.1 Å². The van der Waals surface area contributed by atoms with E-state index in [4.69, 9.17) is 10.2 Å². The Hall–Kier alpha value is -1.78. The smallest absolute Gasteiger partial charge is 0.133 e. The van der Waals surface area contributed by atoms with Crippen LogP contribution in [0.2, 0.25) is 0 Å². The lowest BCUT2D eigenvalue weighted by Crippen LogP contribution is -2.43. The molecule has 1 aliphatic heterocycles. The van der Waals surface area contributed by atoms with Crippen molar-refractivity contribution in [2.75, 3.05) is 31.1 Å². The van der Waals surface area contributed by atoms with Gasteiger partial charge in [-0.05, 0) is 56.6 Å². The van der Waals surface area contributed by atoms with Crippen molar-refractivity contribution in [3.05, 3.63) is 42.7 Å². The molecule has 3 N–H and O–H groups in total. The van der Waals surface area contributed by atoms with Gasteiger partial charge >= 0.3 is 0 Å². The summed E-state index contributed by atoms with van der Waals surface area (Å²) in [5, 5.41) is 3.61. The molecule has 22 heavy (non-hydrogen) atoms. The highest BCUT2D eigenvalue weighted by atomic mass is 16.3. The van der Waals surface area contributed by atoms with Crippen molar-refractivity contribution in [1.82, 2.24) is 5.32 Å². The number of furan rings is 1. The van der Waals surface area contributed by atoms with Crippen LogP contribution in [0.25, 0.3) is 11.3 Å². The van der Waals surface area contributed by atoms with Gasteiger partial charge in [0.05, 0.1) is 6.26 Å². The van der Waals surface area contributed by atoms with Gasteiger partial charge in [-0.3, -0.25) is 0 Å². The predicted octanol–water partition coefficient (Wildman–Crippen LogP) is 2.85. The van der Waals surface area contributed by atoms with Crippen molar-refractivity contribution in [2.24, 2.45) is 5.73 Å². The predicted molar refractivity (Wildman–Crippen MR) is 91.1 cm³/mol. The van der Waals surface area contributed by atoms with Crippen molar-refractivity contribution in [2.45, 2.75) is 25.3 Å². The number of benzene rings is 1. The summed E-state index contributed by atoms with van der Waals surface area (Å²) in [7, 11) is 0. The maximum atomic E-state index is 5.54. The molecule has 1 saturated heterocycles. The number of hydrogen-bond donors (Lipinski definition) is 2. The first-order chi connectivity index (χ1) is 10.9. The number of hydrogen-bond acceptors (Lipinski definition) is 4. The van der Waals surface area contributed by atoms with E-state index < -0.39 is 0 Å². The number of nitrogens with one attached hydrogen (secondary N) is 1. The van der Waals surface area contributed by atoms with Crippen LogP contribution in [-0.4, -0.2) is 32.2 Å². The lowest BCUT2D eigenvalue weighted by molar-refractivity contribution is 0.414. The third-order valence-electron chi connectivity index (χ3n) is 4.33. The Labute approximate surface area is 132 Å². The minimum atomic E-state index is 0.635. The van der Waals surface area contributed by atoms with Gasteiger partial charge in [0, 0.05) is 30.4 Å². The van der Waals surface area contributed by atoms with E-state index in [0.717, 1.165) is 43.9 Å². The zero-order valence-corrected chi connectivity index (χ0v) is 13.0. The third-order valence-corrected chi connectivity index (χ3v) is 4.33. The van der Waals surface area contributed by atoms with Crippen LogP contribution in [0, 0.1) is 0 Å². The summed E-state index contributed by atoms with van der Waals surface area (Å²) in [5.74, 6) is 0.931.